The van der Waals surface area contributed by atoms with Crippen LogP contribution in [0.1, 0.15) is 94.6 Å². The van der Waals surface area contributed by atoms with Crippen molar-refractivity contribution in [2.24, 2.45) is 17.6 Å². The summed E-state index contributed by atoms with van der Waals surface area (Å²) in [6, 6.07) is -0.454. The van der Waals surface area contributed by atoms with Crippen molar-refractivity contribution in [2.75, 3.05) is 20.0 Å². The number of benzene rings is 1. The van der Waals surface area contributed by atoms with Gasteiger partial charge in [-0.1, -0.05) is 60.5 Å². The van der Waals surface area contributed by atoms with Crippen LogP contribution in [0.25, 0.3) is 0 Å². The molecule has 1 aromatic heterocycles. The van der Waals surface area contributed by atoms with Crippen LogP contribution in [0.15, 0.2) is 4.52 Å². The van der Waals surface area contributed by atoms with Crippen LogP contribution in [-0.4, -0.2) is 54.2 Å². The fourth-order valence-corrected chi connectivity index (χ4v) is 8.93. The molecule has 0 aliphatic rings. The molecule has 0 radical (unpaired) electrons. The molecule has 0 spiro atoms. The van der Waals surface area contributed by atoms with E-state index in [1.165, 1.54) is 7.11 Å². The summed E-state index contributed by atoms with van der Waals surface area (Å²) in [6.07, 6.45) is 0. The Morgan fingerprint density at radius 2 is 1.48 bits per heavy atom. The summed E-state index contributed by atoms with van der Waals surface area (Å²) < 4.78 is 30.5. The number of esters is 1. The van der Waals surface area contributed by atoms with Crippen molar-refractivity contribution in [3.8, 4) is 17.2 Å². The van der Waals surface area contributed by atoms with Crippen molar-refractivity contribution < 1.29 is 27.6 Å². The fraction of sp³-hybridized carbons (Fsp3) is 0.700. The first kappa shape index (κ1) is 36.2. The highest BCUT2D eigenvalue weighted by molar-refractivity contribution is 7.98. The number of nitrogens with zero attached hydrogens (tertiary/aromatic N) is 2. The van der Waals surface area contributed by atoms with Crippen LogP contribution in [-0.2, 0) is 10.5 Å². The largest absolute Gasteiger partial charge is 0.543 e. The van der Waals surface area contributed by atoms with Crippen molar-refractivity contribution >= 4 is 35.8 Å². The monoisotopic (exact) mass is 639 g/mol. The number of thioether (sulfide) groups is 1. The first-order valence-corrected chi connectivity index (χ1v) is 20.3. The quantitative estimate of drug-likeness (QED) is 0.165. The van der Waals surface area contributed by atoms with E-state index in [4.69, 9.17) is 28.6 Å². The van der Waals surface area contributed by atoms with Gasteiger partial charge in [0.05, 0.1) is 25.8 Å². The number of hydrogen-bond acceptors (Lipinski definition) is 10. The van der Waals surface area contributed by atoms with Gasteiger partial charge in [0.25, 0.3) is 0 Å². The predicted molar refractivity (Wildman–Crippen MR) is 176 cm³/mol. The van der Waals surface area contributed by atoms with E-state index in [0.29, 0.717) is 63.4 Å². The third-order valence-corrected chi connectivity index (χ3v) is 17.2. The van der Waals surface area contributed by atoms with E-state index >= 15 is 0 Å². The Labute approximate surface area is 260 Å². The number of nitrogens with two attached hydrogens (primary N) is 1. The minimum Gasteiger partial charge on any atom is -0.543 e. The van der Waals surface area contributed by atoms with Crippen molar-refractivity contribution in [3.05, 3.63) is 28.4 Å². The summed E-state index contributed by atoms with van der Waals surface area (Å²) in [7, 11) is -0.764. The minimum atomic E-state index is -1.91. The topological polar surface area (TPSA) is 119 Å². The molecule has 2 N–H and O–H groups in total. The molecule has 238 valence electrons. The molecule has 3 unspecified atom stereocenters. The number of rotatable bonds is 15. The smallest absolute Gasteiger partial charge is 0.338 e. The maximum absolute atomic E-state index is 13.3. The van der Waals surface area contributed by atoms with Crippen LogP contribution in [0, 0.1) is 25.7 Å². The van der Waals surface area contributed by atoms with Gasteiger partial charge in [-0.15, -0.1) is 0 Å². The number of carbonyl (C=O) groups is 1. The van der Waals surface area contributed by atoms with Gasteiger partial charge in [-0.3, -0.25) is 0 Å². The average Bonchev–Trinajstić information content (AvgIpc) is 3.36. The fourth-order valence-electron chi connectivity index (χ4n) is 4.28. The highest BCUT2D eigenvalue weighted by Crippen LogP contribution is 2.51. The van der Waals surface area contributed by atoms with E-state index in [-0.39, 0.29) is 10.1 Å². The summed E-state index contributed by atoms with van der Waals surface area (Å²) in [4.78, 5) is 17.6. The van der Waals surface area contributed by atoms with Crippen LogP contribution in [0.5, 0.6) is 17.2 Å². The lowest BCUT2D eigenvalue weighted by Gasteiger charge is -2.38. The SMILES string of the molecule is COC(=O)c1c(C)c(OC)c(O[SiH](C)C(C)(C)C(C)C)c(O[SiH](C)C(C)(C)C(C)C)c1CSCC(N)c1nc(C)no1. The Morgan fingerprint density at radius 3 is 1.90 bits per heavy atom. The Balaban J connectivity index is 2.76. The number of aryl methyl sites for hydroxylation is 1. The van der Waals surface area contributed by atoms with Gasteiger partial charge >= 0.3 is 5.97 Å². The molecule has 1 aromatic carbocycles. The van der Waals surface area contributed by atoms with Gasteiger partial charge in [-0.05, 0) is 48.9 Å². The summed E-state index contributed by atoms with van der Waals surface area (Å²) in [5.74, 6) is 3.92. The molecule has 0 bridgehead atoms. The van der Waals surface area contributed by atoms with Crippen LogP contribution in [0.3, 0.4) is 0 Å². The van der Waals surface area contributed by atoms with E-state index in [0.717, 1.165) is 5.56 Å². The molecule has 1 heterocycles. The van der Waals surface area contributed by atoms with Crippen LogP contribution >= 0.6 is 11.8 Å². The zero-order chi connectivity index (χ0) is 32.2. The Morgan fingerprint density at radius 1 is 0.952 bits per heavy atom. The van der Waals surface area contributed by atoms with Crippen molar-refractivity contribution in [1.29, 1.82) is 0 Å². The normalized spacial score (nSPS) is 14.6. The van der Waals surface area contributed by atoms with Crippen molar-refractivity contribution in [3.63, 3.8) is 0 Å². The third kappa shape index (κ3) is 7.92. The summed E-state index contributed by atoms with van der Waals surface area (Å²) in [5, 5.41) is 3.81. The molecule has 0 amide bonds. The second-order valence-electron chi connectivity index (χ2n) is 12.9. The van der Waals surface area contributed by atoms with Gasteiger partial charge in [0.1, 0.15) is 0 Å². The maximum atomic E-state index is 13.3. The molecular weight excluding hydrogens is 587 g/mol. The van der Waals surface area contributed by atoms with Crippen LogP contribution in [0.2, 0.25) is 23.2 Å². The second kappa shape index (κ2) is 14.6. The van der Waals surface area contributed by atoms with E-state index in [9.17, 15) is 4.79 Å². The van der Waals surface area contributed by atoms with E-state index < -0.39 is 30.1 Å². The summed E-state index contributed by atoms with van der Waals surface area (Å²) in [6.45, 7) is 26.0. The lowest BCUT2D eigenvalue weighted by molar-refractivity contribution is 0.0598. The summed E-state index contributed by atoms with van der Waals surface area (Å²) >= 11 is 1.57. The average molecular weight is 640 g/mol. The molecule has 9 nitrogen and oxygen atoms in total. The predicted octanol–water partition coefficient (Wildman–Crippen LogP) is 6.75. The van der Waals surface area contributed by atoms with Crippen molar-refractivity contribution in [2.45, 2.75) is 104 Å². The Hall–Kier alpha value is -2.03. The molecule has 2 aromatic rings. The van der Waals surface area contributed by atoms with E-state index in [2.05, 4.69) is 78.6 Å². The molecule has 42 heavy (non-hydrogen) atoms. The number of carbonyl (C=O) groups excluding carboxylic acids is 1. The van der Waals surface area contributed by atoms with Gasteiger partial charge in [-0.25, -0.2) is 4.79 Å². The third-order valence-electron chi connectivity index (χ3n) is 9.36. The zero-order valence-electron chi connectivity index (χ0n) is 28.1. The van der Waals surface area contributed by atoms with Gasteiger partial charge in [-0.2, -0.15) is 16.7 Å². The molecule has 0 saturated carbocycles. The lowest BCUT2D eigenvalue weighted by Crippen LogP contribution is -2.37. The molecule has 0 aliphatic heterocycles. The highest BCUT2D eigenvalue weighted by atomic mass is 32.2. The molecule has 0 aliphatic carbocycles. The molecular formula is C30H53N3O6SSi2. The Kier molecular flexibility index (Phi) is 12.6. The van der Waals surface area contributed by atoms with Gasteiger partial charge in [0.2, 0.25) is 24.0 Å². The van der Waals surface area contributed by atoms with Crippen LogP contribution < -0.4 is 19.3 Å². The lowest BCUT2D eigenvalue weighted by atomic mass is 9.99. The van der Waals surface area contributed by atoms with Gasteiger partial charge < -0.3 is 28.6 Å². The number of ether oxygens (including phenoxy) is 2. The molecule has 12 heteroatoms. The van der Waals surface area contributed by atoms with Gasteiger partial charge in [0.15, 0.2) is 23.1 Å². The van der Waals surface area contributed by atoms with E-state index in [1.807, 2.05) is 6.92 Å². The minimum absolute atomic E-state index is 0.0126. The van der Waals surface area contributed by atoms with Crippen LogP contribution in [0.4, 0.5) is 0 Å². The van der Waals surface area contributed by atoms with Crippen molar-refractivity contribution in [1.82, 2.24) is 10.1 Å². The number of aromatic nitrogens is 2. The highest BCUT2D eigenvalue weighted by Gasteiger charge is 2.39. The second-order valence-corrected chi connectivity index (χ2v) is 20.0. The molecule has 0 fully saturated rings. The summed E-state index contributed by atoms with van der Waals surface area (Å²) in [5.41, 5.74) is 8.22. The van der Waals surface area contributed by atoms with Gasteiger partial charge in [0, 0.05) is 22.6 Å². The number of hydrogen-bond donors (Lipinski definition) is 1. The zero-order valence-corrected chi connectivity index (χ0v) is 31.3. The standard InChI is InChI=1S/C30H53N3O6SSi2/c1-17(2)29(7,8)41(13)38-25-21(15-40-16-22(31)27-32-20(6)33-37-27)23(28(34)36-12)19(5)24(35-11)26(25)39-42(14)30(9,10)18(3)4/h17-18,22,41-42H,15-16,31H2,1-14H3. The number of methoxy groups -OCH3 is 2. The first-order chi connectivity index (χ1) is 19.4. The first-order valence-electron chi connectivity index (χ1n) is 14.7. The van der Waals surface area contributed by atoms with E-state index in [1.54, 1.807) is 25.8 Å². The molecule has 3 atom stereocenters. The molecule has 0 saturated heterocycles. The Bertz CT molecular complexity index is 1220. The molecule has 2 rings (SSSR count). The maximum Gasteiger partial charge on any atom is 0.338 e.